The Morgan fingerprint density at radius 3 is 2.82 bits per heavy atom. The number of carbonyl (C=O) groups is 2. The lowest BCUT2D eigenvalue weighted by Gasteiger charge is -2.31. The van der Waals surface area contributed by atoms with Gasteiger partial charge in [0.25, 0.3) is 5.91 Å². The molecule has 1 aliphatic heterocycles. The van der Waals surface area contributed by atoms with Crippen molar-refractivity contribution < 1.29 is 14.3 Å². The van der Waals surface area contributed by atoms with Crippen molar-refractivity contribution in [3.05, 3.63) is 24.0 Å². The summed E-state index contributed by atoms with van der Waals surface area (Å²) in [6.45, 7) is 4.97. The van der Waals surface area contributed by atoms with Gasteiger partial charge in [0.2, 0.25) is 5.91 Å². The molecule has 2 amide bonds. The molecule has 6 nitrogen and oxygen atoms in total. The summed E-state index contributed by atoms with van der Waals surface area (Å²) in [6.07, 6.45) is 4.22. The molecule has 0 bridgehead atoms. The zero-order valence-corrected chi connectivity index (χ0v) is 13.5. The van der Waals surface area contributed by atoms with E-state index in [0.717, 1.165) is 12.8 Å². The highest BCUT2D eigenvalue weighted by Gasteiger charge is 2.26. The number of nitrogens with zero attached hydrogens (tertiary/aromatic N) is 1. The topological polar surface area (TPSA) is 72.4 Å². The molecule has 2 N–H and O–H groups in total. The van der Waals surface area contributed by atoms with Gasteiger partial charge in [0.15, 0.2) is 0 Å². The summed E-state index contributed by atoms with van der Waals surface area (Å²) in [6, 6.07) is 3.48. The van der Waals surface area contributed by atoms with Gasteiger partial charge < -0.3 is 9.30 Å². The molecule has 1 fully saturated rings. The van der Waals surface area contributed by atoms with Crippen LogP contribution in [0.25, 0.3) is 0 Å². The molecule has 0 aliphatic carbocycles. The maximum Gasteiger partial charge on any atom is 0.286 e. The molecule has 0 aromatic carbocycles. The predicted octanol–water partition coefficient (Wildman–Crippen LogP) is 1.63. The van der Waals surface area contributed by atoms with Gasteiger partial charge in [-0.2, -0.15) is 0 Å². The first-order chi connectivity index (χ1) is 10.5. The maximum atomic E-state index is 12.0. The Hall–Kier alpha value is -1.82. The minimum atomic E-state index is -0.312. The predicted molar refractivity (Wildman–Crippen MR) is 82.9 cm³/mol. The number of hydrogen-bond acceptors (Lipinski definition) is 3. The van der Waals surface area contributed by atoms with E-state index in [1.54, 1.807) is 29.9 Å². The highest BCUT2D eigenvalue weighted by Crippen LogP contribution is 2.26. The van der Waals surface area contributed by atoms with Crippen LogP contribution in [-0.2, 0) is 16.6 Å². The first-order valence-corrected chi connectivity index (χ1v) is 7.79. The molecule has 22 heavy (non-hydrogen) atoms. The van der Waals surface area contributed by atoms with Gasteiger partial charge in [0.1, 0.15) is 5.69 Å². The first kappa shape index (κ1) is 16.5. The number of nitrogens with one attached hydrogen (secondary N) is 2. The highest BCUT2D eigenvalue weighted by molar-refractivity contribution is 5.94. The van der Waals surface area contributed by atoms with Gasteiger partial charge in [-0.1, -0.05) is 13.8 Å². The molecule has 2 rings (SSSR count). The standard InChI is InChI=1S/C16H25N3O3/c1-11(2)14-9-12(6-8-22-14)10-15(20)17-18-16(21)13-5-4-7-19(13)3/h4-5,7,11-12,14H,6,8-10H2,1-3H3,(H,17,20)(H,18,21)/t12-,14-/m1/s1. The molecule has 1 aromatic rings. The van der Waals surface area contributed by atoms with E-state index in [4.69, 9.17) is 4.74 Å². The fraction of sp³-hybridized carbons (Fsp3) is 0.625. The van der Waals surface area contributed by atoms with E-state index in [0.29, 0.717) is 30.6 Å². The SMILES string of the molecule is CC(C)[C@H]1C[C@H](CC(=O)NNC(=O)c2cccn2C)CCO1. The molecule has 0 saturated carbocycles. The molecule has 0 spiro atoms. The first-order valence-electron chi connectivity index (χ1n) is 7.79. The minimum Gasteiger partial charge on any atom is -0.378 e. The number of amides is 2. The van der Waals surface area contributed by atoms with Crippen molar-refractivity contribution in [2.45, 2.75) is 39.2 Å². The molecule has 6 heteroatoms. The average Bonchev–Trinajstić information content (AvgIpc) is 2.91. The van der Waals surface area contributed by atoms with Crippen LogP contribution in [-0.4, -0.2) is 29.1 Å². The Morgan fingerprint density at radius 2 is 2.18 bits per heavy atom. The van der Waals surface area contributed by atoms with Crippen molar-refractivity contribution in [2.75, 3.05) is 6.61 Å². The summed E-state index contributed by atoms with van der Waals surface area (Å²) < 4.78 is 7.41. The van der Waals surface area contributed by atoms with Gasteiger partial charge in [0.05, 0.1) is 6.10 Å². The van der Waals surface area contributed by atoms with Crippen LogP contribution in [0.15, 0.2) is 18.3 Å². The van der Waals surface area contributed by atoms with Crippen LogP contribution in [0.3, 0.4) is 0 Å². The van der Waals surface area contributed by atoms with Crippen molar-refractivity contribution in [1.29, 1.82) is 0 Å². The van der Waals surface area contributed by atoms with Crippen LogP contribution < -0.4 is 10.9 Å². The van der Waals surface area contributed by atoms with E-state index in [2.05, 4.69) is 24.7 Å². The molecule has 1 aromatic heterocycles. The Morgan fingerprint density at radius 1 is 1.41 bits per heavy atom. The Kier molecular flexibility index (Phi) is 5.60. The average molecular weight is 307 g/mol. The largest absolute Gasteiger partial charge is 0.378 e. The molecule has 0 radical (unpaired) electrons. The summed E-state index contributed by atoms with van der Waals surface area (Å²) in [4.78, 5) is 23.9. The van der Waals surface area contributed by atoms with Gasteiger partial charge in [-0.05, 0) is 36.8 Å². The normalized spacial score (nSPS) is 21.6. The van der Waals surface area contributed by atoms with Crippen molar-refractivity contribution in [2.24, 2.45) is 18.9 Å². The Bertz CT molecular complexity index is 524. The Balaban J connectivity index is 1.76. The number of ether oxygens (including phenoxy) is 1. The molecule has 1 aliphatic rings. The second-order valence-electron chi connectivity index (χ2n) is 6.25. The fourth-order valence-electron chi connectivity index (χ4n) is 2.75. The van der Waals surface area contributed by atoms with E-state index < -0.39 is 0 Å². The van der Waals surface area contributed by atoms with Gasteiger partial charge in [-0.25, -0.2) is 0 Å². The lowest BCUT2D eigenvalue weighted by molar-refractivity contribution is -0.124. The van der Waals surface area contributed by atoms with Crippen LogP contribution in [0.5, 0.6) is 0 Å². The van der Waals surface area contributed by atoms with Gasteiger partial charge in [-0.15, -0.1) is 0 Å². The summed E-state index contributed by atoms with van der Waals surface area (Å²) in [5, 5.41) is 0. The van der Waals surface area contributed by atoms with Crippen molar-refractivity contribution in [3.8, 4) is 0 Å². The van der Waals surface area contributed by atoms with Crippen LogP contribution in [0.4, 0.5) is 0 Å². The summed E-state index contributed by atoms with van der Waals surface area (Å²) >= 11 is 0. The molecular formula is C16H25N3O3. The lowest BCUT2D eigenvalue weighted by atomic mass is 9.88. The summed E-state index contributed by atoms with van der Waals surface area (Å²) in [5.74, 6) is 0.306. The zero-order chi connectivity index (χ0) is 16.1. The number of carbonyl (C=O) groups excluding carboxylic acids is 2. The van der Waals surface area contributed by atoms with E-state index in [-0.39, 0.29) is 17.9 Å². The number of rotatable bonds is 4. The maximum absolute atomic E-state index is 12.0. The molecule has 2 heterocycles. The number of hydrazine groups is 1. The number of aryl methyl sites for hydroxylation is 1. The smallest absolute Gasteiger partial charge is 0.286 e. The van der Waals surface area contributed by atoms with Crippen molar-refractivity contribution >= 4 is 11.8 Å². The second-order valence-corrected chi connectivity index (χ2v) is 6.25. The lowest BCUT2D eigenvalue weighted by Crippen LogP contribution is -2.43. The van der Waals surface area contributed by atoms with Crippen molar-refractivity contribution in [3.63, 3.8) is 0 Å². The summed E-state index contributed by atoms with van der Waals surface area (Å²) in [5.41, 5.74) is 5.46. The molecule has 0 unspecified atom stereocenters. The third kappa shape index (κ3) is 4.34. The van der Waals surface area contributed by atoms with Crippen molar-refractivity contribution in [1.82, 2.24) is 15.4 Å². The molecule has 2 atom stereocenters. The third-order valence-corrected chi connectivity index (χ3v) is 4.13. The fourth-order valence-corrected chi connectivity index (χ4v) is 2.75. The van der Waals surface area contributed by atoms with Gasteiger partial charge in [0, 0.05) is 26.3 Å². The van der Waals surface area contributed by atoms with Gasteiger partial charge in [-0.3, -0.25) is 20.4 Å². The monoisotopic (exact) mass is 307 g/mol. The van der Waals surface area contributed by atoms with Crippen LogP contribution in [0, 0.1) is 11.8 Å². The molecule has 1 saturated heterocycles. The second kappa shape index (κ2) is 7.45. The molecular weight excluding hydrogens is 282 g/mol. The number of hydrogen-bond donors (Lipinski definition) is 2. The van der Waals surface area contributed by atoms with Crippen LogP contribution in [0.2, 0.25) is 0 Å². The minimum absolute atomic E-state index is 0.156. The van der Waals surface area contributed by atoms with E-state index >= 15 is 0 Å². The van der Waals surface area contributed by atoms with E-state index in [1.165, 1.54) is 0 Å². The van der Waals surface area contributed by atoms with E-state index in [1.807, 2.05) is 0 Å². The summed E-state index contributed by atoms with van der Waals surface area (Å²) in [7, 11) is 1.78. The third-order valence-electron chi connectivity index (χ3n) is 4.13. The van der Waals surface area contributed by atoms with E-state index in [9.17, 15) is 9.59 Å². The van der Waals surface area contributed by atoms with Gasteiger partial charge >= 0.3 is 0 Å². The highest BCUT2D eigenvalue weighted by atomic mass is 16.5. The zero-order valence-electron chi connectivity index (χ0n) is 13.5. The van der Waals surface area contributed by atoms with Crippen LogP contribution >= 0.6 is 0 Å². The Labute approximate surface area is 131 Å². The quantitative estimate of drug-likeness (QED) is 0.830. The van der Waals surface area contributed by atoms with Crippen LogP contribution in [0.1, 0.15) is 43.6 Å². The molecule has 122 valence electrons. The number of aromatic nitrogens is 1.